The van der Waals surface area contributed by atoms with Gasteiger partial charge in [0.2, 0.25) is 0 Å². The Labute approximate surface area is 144 Å². The van der Waals surface area contributed by atoms with Crippen LogP contribution < -0.4 is 5.32 Å². The van der Waals surface area contributed by atoms with Gasteiger partial charge in [0.05, 0.1) is 12.0 Å². The Morgan fingerprint density at radius 3 is 2.71 bits per heavy atom. The molecule has 1 N–H and O–H groups in total. The first-order valence-electron chi connectivity index (χ1n) is 9.30. The van der Waals surface area contributed by atoms with Gasteiger partial charge < -0.3 is 14.6 Å². The lowest BCUT2D eigenvalue weighted by molar-refractivity contribution is 0.0836. The van der Waals surface area contributed by atoms with Crippen molar-refractivity contribution in [2.45, 2.75) is 38.1 Å². The van der Waals surface area contributed by atoms with Crippen LogP contribution in [0.3, 0.4) is 0 Å². The minimum Gasteiger partial charge on any atom is -0.381 e. The van der Waals surface area contributed by atoms with E-state index in [1.165, 1.54) is 36.3 Å². The second-order valence-corrected chi connectivity index (χ2v) is 7.10. The van der Waals surface area contributed by atoms with E-state index >= 15 is 0 Å². The van der Waals surface area contributed by atoms with Crippen LogP contribution in [0.1, 0.15) is 37.3 Å². The minimum atomic E-state index is 0.563. The van der Waals surface area contributed by atoms with Crippen molar-refractivity contribution in [1.29, 1.82) is 0 Å². The molecule has 0 amide bonds. The Bertz CT molecular complexity index is 640. The van der Waals surface area contributed by atoms with E-state index in [1.807, 2.05) is 0 Å². The van der Waals surface area contributed by atoms with Crippen molar-refractivity contribution in [3.05, 3.63) is 42.4 Å². The van der Waals surface area contributed by atoms with Crippen molar-refractivity contribution >= 4 is 0 Å². The number of benzene rings is 1. The zero-order valence-electron chi connectivity index (χ0n) is 14.3. The summed E-state index contributed by atoms with van der Waals surface area (Å²) in [7, 11) is 0. The lowest BCUT2D eigenvalue weighted by Gasteiger charge is -2.28. The Morgan fingerprint density at radius 1 is 1.12 bits per heavy atom. The zero-order valence-corrected chi connectivity index (χ0v) is 14.3. The van der Waals surface area contributed by atoms with Gasteiger partial charge in [-0.25, -0.2) is 4.98 Å². The summed E-state index contributed by atoms with van der Waals surface area (Å²) in [6, 6.07) is 10.6. The molecule has 0 spiro atoms. The topological polar surface area (TPSA) is 39.1 Å². The van der Waals surface area contributed by atoms with E-state index < -0.39 is 0 Å². The standard InChI is InChI=1S/C20H27N3O/c1-2-6-17(7-3-1)19-20(18-8-11-24-12-9-18)23(15-22-19)14-16-5-4-10-21-13-16/h1-3,6-7,15-16,18,21H,4-5,8-14H2. The van der Waals surface area contributed by atoms with Crippen LogP contribution in [0.25, 0.3) is 11.3 Å². The molecule has 24 heavy (non-hydrogen) atoms. The van der Waals surface area contributed by atoms with Crippen LogP contribution in [0.4, 0.5) is 0 Å². The summed E-state index contributed by atoms with van der Waals surface area (Å²) < 4.78 is 8.03. The maximum Gasteiger partial charge on any atom is 0.0956 e. The molecule has 4 nitrogen and oxygen atoms in total. The summed E-state index contributed by atoms with van der Waals surface area (Å²) in [6.07, 6.45) is 6.89. The molecule has 1 atom stereocenters. The Morgan fingerprint density at radius 2 is 1.96 bits per heavy atom. The molecule has 3 heterocycles. The van der Waals surface area contributed by atoms with Gasteiger partial charge in [-0.1, -0.05) is 30.3 Å². The third kappa shape index (κ3) is 3.40. The predicted octanol–water partition coefficient (Wildman–Crippen LogP) is 3.44. The van der Waals surface area contributed by atoms with Crippen LogP contribution in [-0.2, 0) is 11.3 Å². The molecule has 4 heteroatoms. The highest BCUT2D eigenvalue weighted by atomic mass is 16.5. The Kier molecular flexibility index (Phi) is 4.95. The summed E-state index contributed by atoms with van der Waals surface area (Å²) in [5.74, 6) is 1.28. The number of nitrogens with one attached hydrogen (secondary N) is 1. The summed E-state index contributed by atoms with van der Waals surface area (Å²) in [5, 5.41) is 3.54. The molecule has 2 fully saturated rings. The first kappa shape index (κ1) is 15.9. The molecule has 0 radical (unpaired) electrons. The fourth-order valence-corrected chi connectivity index (χ4v) is 4.11. The van der Waals surface area contributed by atoms with E-state index in [4.69, 9.17) is 9.72 Å². The Hall–Kier alpha value is -1.65. The number of hydrogen-bond acceptors (Lipinski definition) is 3. The number of nitrogens with zero attached hydrogens (tertiary/aromatic N) is 2. The smallest absolute Gasteiger partial charge is 0.0956 e. The van der Waals surface area contributed by atoms with Crippen LogP contribution in [0.15, 0.2) is 36.7 Å². The molecule has 2 saturated heterocycles. The van der Waals surface area contributed by atoms with Crippen molar-refractivity contribution in [2.24, 2.45) is 5.92 Å². The molecule has 0 bridgehead atoms. The third-order valence-electron chi connectivity index (χ3n) is 5.39. The van der Waals surface area contributed by atoms with Crippen molar-refractivity contribution < 1.29 is 4.74 Å². The van der Waals surface area contributed by atoms with Gasteiger partial charge in [-0.05, 0) is 44.7 Å². The lowest BCUT2D eigenvalue weighted by Crippen LogP contribution is -2.32. The average molecular weight is 325 g/mol. The molecule has 4 rings (SSSR count). The fourth-order valence-electron chi connectivity index (χ4n) is 4.11. The van der Waals surface area contributed by atoms with Gasteiger partial charge in [-0.3, -0.25) is 0 Å². The van der Waals surface area contributed by atoms with E-state index in [1.54, 1.807) is 0 Å². The molecule has 1 aromatic carbocycles. The quantitative estimate of drug-likeness (QED) is 0.936. The van der Waals surface area contributed by atoms with Gasteiger partial charge in [0.25, 0.3) is 0 Å². The maximum absolute atomic E-state index is 5.59. The second-order valence-electron chi connectivity index (χ2n) is 7.10. The fraction of sp³-hybridized carbons (Fsp3) is 0.550. The number of ether oxygens (including phenoxy) is 1. The molecule has 2 aromatic rings. The number of imidazole rings is 1. The highest BCUT2D eigenvalue weighted by molar-refractivity contribution is 5.62. The van der Waals surface area contributed by atoms with Gasteiger partial charge in [-0.15, -0.1) is 0 Å². The van der Waals surface area contributed by atoms with E-state index in [-0.39, 0.29) is 0 Å². The highest BCUT2D eigenvalue weighted by Crippen LogP contribution is 2.34. The SMILES string of the molecule is c1ccc(-c2ncn(CC3CCCNC3)c2C2CCOCC2)cc1. The average Bonchev–Trinajstić information content (AvgIpc) is 3.07. The number of piperidine rings is 1. The van der Waals surface area contributed by atoms with Gasteiger partial charge in [0.15, 0.2) is 0 Å². The third-order valence-corrected chi connectivity index (χ3v) is 5.39. The summed E-state index contributed by atoms with van der Waals surface area (Å²) >= 11 is 0. The predicted molar refractivity (Wildman–Crippen MR) is 96.1 cm³/mol. The van der Waals surface area contributed by atoms with Gasteiger partial charge in [-0.2, -0.15) is 0 Å². The van der Waals surface area contributed by atoms with Crippen LogP contribution in [-0.4, -0.2) is 35.9 Å². The minimum absolute atomic E-state index is 0.563. The molecule has 128 valence electrons. The molecule has 2 aliphatic rings. The van der Waals surface area contributed by atoms with Gasteiger partial charge in [0.1, 0.15) is 0 Å². The summed E-state index contributed by atoms with van der Waals surface area (Å²) in [5.41, 5.74) is 3.83. The molecule has 1 aromatic heterocycles. The van der Waals surface area contributed by atoms with Gasteiger partial charge >= 0.3 is 0 Å². The first-order chi connectivity index (χ1) is 11.9. The van der Waals surface area contributed by atoms with Crippen molar-refractivity contribution in [2.75, 3.05) is 26.3 Å². The summed E-state index contributed by atoms with van der Waals surface area (Å²) in [6.45, 7) is 5.12. The Balaban J connectivity index is 1.66. The van der Waals surface area contributed by atoms with E-state index in [0.29, 0.717) is 5.92 Å². The highest BCUT2D eigenvalue weighted by Gasteiger charge is 2.25. The number of hydrogen-bond donors (Lipinski definition) is 1. The van der Waals surface area contributed by atoms with Crippen molar-refractivity contribution in [1.82, 2.24) is 14.9 Å². The maximum atomic E-state index is 5.59. The number of rotatable bonds is 4. The second kappa shape index (κ2) is 7.49. The van der Waals surface area contributed by atoms with E-state index in [0.717, 1.165) is 45.1 Å². The van der Waals surface area contributed by atoms with Gasteiger partial charge in [0, 0.05) is 36.9 Å². The molecule has 0 saturated carbocycles. The van der Waals surface area contributed by atoms with E-state index in [2.05, 4.69) is 46.5 Å². The van der Waals surface area contributed by atoms with Crippen molar-refractivity contribution in [3.8, 4) is 11.3 Å². The monoisotopic (exact) mass is 325 g/mol. The van der Waals surface area contributed by atoms with Crippen LogP contribution in [0.2, 0.25) is 0 Å². The lowest BCUT2D eigenvalue weighted by atomic mass is 9.92. The molecular formula is C20H27N3O. The number of aromatic nitrogens is 2. The van der Waals surface area contributed by atoms with Crippen molar-refractivity contribution in [3.63, 3.8) is 0 Å². The molecule has 0 aliphatic carbocycles. The molecular weight excluding hydrogens is 298 g/mol. The molecule has 1 unspecified atom stereocenters. The molecule has 2 aliphatic heterocycles. The van der Waals surface area contributed by atoms with Crippen LogP contribution in [0, 0.1) is 5.92 Å². The first-order valence-corrected chi connectivity index (χ1v) is 9.30. The largest absolute Gasteiger partial charge is 0.381 e. The van der Waals surface area contributed by atoms with Crippen LogP contribution in [0.5, 0.6) is 0 Å². The zero-order chi connectivity index (χ0) is 16.2. The van der Waals surface area contributed by atoms with Crippen LogP contribution >= 0.6 is 0 Å². The normalized spacial score (nSPS) is 22.6. The summed E-state index contributed by atoms with van der Waals surface area (Å²) in [4.78, 5) is 4.83. The van der Waals surface area contributed by atoms with E-state index in [9.17, 15) is 0 Å².